The van der Waals surface area contributed by atoms with E-state index in [-0.39, 0.29) is 0 Å². The molecule has 202 valence electrons. The molecule has 0 radical (unpaired) electrons. The average Bonchev–Trinajstić information content (AvgIpc) is 2.81. The Morgan fingerprint density at radius 1 is 0.622 bits per heavy atom. The van der Waals surface area contributed by atoms with Gasteiger partial charge in [0, 0.05) is 9.79 Å². The van der Waals surface area contributed by atoms with Gasteiger partial charge in [-0.2, -0.15) is 47.9 Å². The van der Waals surface area contributed by atoms with E-state index >= 15 is 0 Å². The predicted octanol–water partition coefficient (Wildman–Crippen LogP) is 7.36. The fourth-order valence-electron chi connectivity index (χ4n) is 2.31. The molecule has 0 saturated carbocycles. The molecule has 1 N–H and O–H groups in total. The van der Waals surface area contributed by atoms with E-state index in [1.54, 1.807) is 11.8 Å². The maximum absolute atomic E-state index is 13.3. The summed E-state index contributed by atoms with van der Waals surface area (Å²) in [6.07, 6.45) is -7.16. The molecule has 15 heteroatoms. The second-order valence-electron chi connectivity index (χ2n) is 6.92. The highest BCUT2D eigenvalue weighted by molar-refractivity contribution is 7.99. The van der Waals surface area contributed by atoms with Gasteiger partial charge in [-0.05, 0) is 48.5 Å². The van der Waals surface area contributed by atoms with E-state index in [2.05, 4.69) is 52.7 Å². The maximum Gasteiger partial charge on any atom is 0.460 e. The highest BCUT2D eigenvalue weighted by Crippen LogP contribution is 2.55. The summed E-state index contributed by atoms with van der Waals surface area (Å²) in [6, 6.07) is 23.0. The van der Waals surface area contributed by atoms with E-state index in [0.29, 0.717) is 24.3 Å². The van der Waals surface area contributed by atoms with Gasteiger partial charge < -0.3 is 9.29 Å². The lowest BCUT2D eigenvalue weighted by molar-refractivity contribution is -0.382. The number of phenolic OH excluding ortho intramolecular Hbond substituents is 1. The second kappa shape index (κ2) is 11.1. The van der Waals surface area contributed by atoms with Crippen molar-refractivity contribution in [3.05, 3.63) is 84.9 Å². The zero-order valence-electron chi connectivity index (χ0n) is 18.0. The topological polar surface area (TPSA) is 63.6 Å². The molecule has 3 rings (SSSR count). The van der Waals surface area contributed by atoms with Gasteiger partial charge in [-0.25, -0.2) is 0 Å². The number of hydrogen-bond acceptors (Lipinski definition) is 5. The van der Waals surface area contributed by atoms with Crippen molar-refractivity contribution < 1.29 is 57.2 Å². The third-order valence-electron chi connectivity index (χ3n) is 4.19. The first-order chi connectivity index (χ1) is 16.9. The fourth-order valence-corrected chi connectivity index (χ4v) is 4.08. The standard InChI is InChI=1S/C12H10S.C10H5F9O4S/c1-3-7-11(8-4-1)13-12-9-5-2-6-10-12;11-7(12,9(15,16)17)8(13,14)10(18,19)24(21,22)23-6-3-1-5(20)2-4-6/h1-10H;1-4,20H. The van der Waals surface area contributed by atoms with Crippen molar-refractivity contribution in [2.45, 2.75) is 33.1 Å². The summed E-state index contributed by atoms with van der Waals surface area (Å²) >= 11 is 1.79. The molecule has 4 nitrogen and oxygen atoms in total. The number of aromatic hydroxyl groups is 1. The molecule has 0 saturated heterocycles. The van der Waals surface area contributed by atoms with Crippen molar-refractivity contribution in [1.82, 2.24) is 0 Å². The van der Waals surface area contributed by atoms with E-state index in [1.807, 2.05) is 12.1 Å². The van der Waals surface area contributed by atoms with Crippen molar-refractivity contribution in [2.24, 2.45) is 0 Å². The van der Waals surface area contributed by atoms with Crippen molar-refractivity contribution in [1.29, 1.82) is 0 Å². The summed E-state index contributed by atoms with van der Waals surface area (Å²) in [5, 5.41) is 1.91. The van der Waals surface area contributed by atoms with Crippen LogP contribution in [-0.4, -0.2) is 36.8 Å². The van der Waals surface area contributed by atoms with Crippen molar-refractivity contribution in [3.8, 4) is 11.5 Å². The molecule has 0 aliphatic carbocycles. The van der Waals surface area contributed by atoms with Gasteiger partial charge in [0.25, 0.3) is 0 Å². The lowest BCUT2D eigenvalue weighted by Gasteiger charge is -2.32. The molecule has 3 aromatic rings. The number of alkyl halides is 9. The van der Waals surface area contributed by atoms with Gasteiger partial charge in [0.15, 0.2) is 0 Å². The van der Waals surface area contributed by atoms with Crippen LogP contribution in [0.4, 0.5) is 39.5 Å². The second-order valence-corrected chi connectivity index (χ2v) is 9.66. The van der Waals surface area contributed by atoms with Gasteiger partial charge in [0.05, 0.1) is 0 Å². The van der Waals surface area contributed by atoms with Crippen LogP contribution in [0.25, 0.3) is 0 Å². The summed E-state index contributed by atoms with van der Waals surface area (Å²) in [6.45, 7) is 0. The molecule has 0 atom stereocenters. The molecule has 0 heterocycles. The van der Waals surface area contributed by atoms with Crippen LogP contribution >= 0.6 is 11.8 Å². The zero-order valence-corrected chi connectivity index (χ0v) is 19.6. The summed E-state index contributed by atoms with van der Waals surface area (Å²) < 4.78 is 139. The van der Waals surface area contributed by atoms with Crippen LogP contribution in [0.2, 0.25) is 0 Å². The number of rotatable bonds is 7. The largest absolute Gasteiger partial charge is 0.508 e. The zero-order chi connectivity index (χ0) is 28.1. The Morgan fingerprint density at radius 3 is 1.41 bits per heavy atom. The lowest BCUT2D eigenvalue weighted by Crippen LogP contribution is -2.63. The van der Waals surface area contributed by atoms with E-state index in [9.17, 15) is 47.9 Å². The van der Waals surface area contributed by atoms with Crippen molar-refractivity contribution in [2.75, 3.05) is 0 Å². The number of hydrogen-bond donors (Lipinski definition) is 1. The van der Waals surface area contributed by atoms with Crippen LogP contribution < -0.4 is 4.18 Å². The molecule has 0 spiro atoms. The quantitative estimate of drug-likeness (QED) is 0.235. The first kappa shape index (κ1) is 30.2. The number of halogens is 9. The van der Waals surface area contributed by atoms with Gasteiger partial charge in [-0.3, -0.25) is 0 Å². The Balaban J connectivity index is 0.000000308. The van der Waals surface area contributed by atoms with Crippen LogP contribution in [0.5, 0.6) is 11.5 Å². The minimum Gasteiger partial charge on any atom is -0.508 e. The molecule has 37 heavy (non-hydrogen) atoms. The van der Waals surface area contributed by atoms with Gasteiger partial charge in [-0.1, -0.05) is 48.2 Å². The first-order valence-electron chi connectivity index (χ1n) is 9.63. The average molecular weight is 578 g/mol. The normalized spacial score (nSPS) is 12.9. The molecule has 0 aliphatic heterocycles. The molecular weight excluding hydrogens is 563 g/mol. The Labute approximate surface area is 208 Å². The van der Waals surface area contributed by atoms with Gasteiger partial charge in [0.1, 0.15) is 11.5 Å². The highest BCUT2D eigenvalue weighted by Gasteiger charge is 2.86. The molecule has 0 amide bonds. The molecule has 0 aliphatic rings. The summed E-state index contributed by atoms with van der Waals surface area (Å²) in [5.41, 5.74) is 0. The van der Waals surface area contributed by atoms with E-state index in [0.717, 1.165) is 0 Å². The number of benzene rings is 3. The minimum absolute atomic E-state index is 0.461. The number of phenols is 1. The molecule has 0 unspecified atom stereocenters. The Hall–Kier alpha value is -3.07. The first-order valence-corrected chi connectivity index (χ1v) is 11.9. The van der Waals surface area contributed by atoms with Crippen molar-refractivity contribution >= 4 is 21.9 Å². The minimum atomic E-state index is -7.37. The Bertz CT molecular complexity index is 1210. The van der Waals surface area contributed by atoms with Crippen LogP contribution in [-0.2, 0) is 10.1 Å². The van der Waals surface area contributed by atoms with E-state index in [4.69, 9.17) is 5.11 Å². The maximum atomic E-state index is 13.3. The van der Waals surface area contributed by atoms with Crippen LogP contribution in [0.15, 0.2) is 94.7 Å². The molecular formula is C22H15F9O4S2. The Morgan fingerprint density at radius 2 is 1.03 bits per heavy atom. The van der Waals surface area contributed by atoms with Crippen molar-refractivity contribution in [3.63, 3.8) is 0 Å². The van der Waals surface area contributed by atoms with Gasteiger partial charge >= 0.3 is 33.4 Å². The Kier molecular flexibility index (Phi) is 9.07. The van der Waals surface area contributed by atoms with Crippen LogP contribution in [0, 0.1) is 0 Å². The molecule has 0 bridgehead atoms. The van der Waals surface area contributed by atoms with Crippen LogP contribution in [0.3, 0.4) is 0 Å². The third-order valence-corrected chi connectivity index (χ3v) is 6.51. The highest BCUT2D eigenvalue weighted by atomic mass is 32.2. The monoisotopic (exact) mass is 578 g/mol. The third kappa shape index (κ3) is 6.83. The lowest BCUT2D eigenvalue weighted by atomic mass is 10.1. The summed E-state index contributed by atoms with van der Waals surface area (Å²) in [5.74, 6) is -16.4. The summed E-state index contributed by atoms with van der Waals surface area (Å²) in [4.78, 5) is 2.57. The predicted molar refractivity (Wildman–Crippen MR) is 116 cm³/mol. The smallest absolute Gasteiger partial charge is 0.460 e. The van der Waals surface area contributed by atoms with Gasteiger partial charge in [0.2, 0.25) is 0 Å². The fraction of sp³-hybridized carbons (Fsp3) is 0.182. The summed E-state index contributed by atoms with van der Waals surface area (Å²) in [7, 11) is -6.97. The molecule has 0 fully saturated rings. The van der Waals surface area contributed by atoms with E-state index in [1.165, 1.54) is 9.79 Å². The molecule has 3 aromatic carbocycles. The SMILES string of the molecule is O=S(=O)(Oc1ccc(O)cc1)C(F)(F)C(F)(F)C(F)(F)C(F)(F)F.c1ccc(Sc2ccccc2)cc1. The van der Waals surface area contributed by atoms with Gasteiger partial charge in [-0.15, -0.1) is 0 Å². The van der Waals surface area contributed by atoms with E-state index < -0.39 is 44.9 Å². The molecule has 0 aromatic heterocycles. The van der Waals surface area contributed by atoms with Crippen LogP contribution in [0.1, 0.15) is 0 Å².